The van der Waals surface area contributed by atoms with Gasteiger partial charge in [0.25, 0.3) is 0 Å². The van der Waals surface area contributed by atoms with Crippen molar-refractivity contribution in [3.63, 3.8) is 0 Å². The van der Waals surface area contributed by atoms with E-state index >= 15 is 0 Å². The lowest BCUT2D eigenvalue weighted by atomic mass is 10.1. The van der Waals surface area contributed by atoms with E-state index in [0.717, 1.165) is 43.3 Å². The smallest absolute Gasteiger partial charge is 0.147 e. The molecule has 0 spiro atoms. The van der Waals surface area contributed by atoms with Crippen LogP contribution in [0.5, 0.6) is 0 Å². The second-order valence-corrected chi connectivity index (χ2v) is 6.58. The Bertz CT molecular complexity index is 796. The number of nitrogens with zero attached hydrogens (tertiary/aromatic N) is 4. The van der Waals surface area contributed by atoms with Crippen molar-refractivity contribution in [3.8, 4) is 6.07 Å². The van der Waals surface area contributed by atoms with E-state index in [2.05, 4.69) is 52.9 Å². The number of aryl methyl sites for hydroxylation is 3. The molecule has 0 N–H and O–H groups in total. The van der Waals surface area contributed by atoms with E-state index in [0.29, 0.717) is 5.56 Å². The Balaban J connectivity index is 1.81. The Morgan fingerprint density at radius 3 is 2.29 bits per heavy atom. The van der Waals surface area contributed by atoms with Gasteiger partial charge in [-0.3, -0.25) is 0 Å². The van der Waals surface area contributed by atoms with Gasteiger partial charge in [-0.05, 0) is 56.5 Å². The molecule has 0 amide bonds. The molecule has 4 heteroatoms. The molecule has 2 heterocycles. The summed E-state index contributed by atoms with van der Waals surface area (Å²) in [5, 5.41) is 9.49. The number of benzene rings is 1. The van der Waals surface area contributed by atoms with Crippen LogP contribution in [0.4, 0.5) is 11.5 Å². The maximum Gasteiger partial charge on any atom is 0.147 e. The highest BCUT2D eigenvalue weighted by molar-refractivity contribution is 5.61. The summed E-state index contributed by atoms with van der Waals surface area (Å²) in [5.74, 6) is 0.843. The molecule has 1 saturated heterocycles. The lowest BCUT2D eigenvalue weighted by Crippen LogP contribution is -2.47. The number of piperazine rings is 1. The topological polar surface area (TPSA) is 43.2 Å². The van der Waals surface area contributed by atoms with Crippen molar-refractivity contribution in [2.45, 2.75) is 27.7 Å². The standard InChI is InChI=1S/C20H24N4/c1-14-6-5-7-19(17(14)4)23-8-10-24(11-9-23)20-18(13-21)15(2)12-16(3)22-20/h5-7,12H,8-11H2,1-4H3. The number of aromatic nitrogens is 1. The van der Waals surface area contributed by atoms with Gasteiger partial charge in [-0.25, -0.2) is 4.98 Å². The summed E-state index contributed by atoms with van der Waals surface area (Å²) in [4.78, 5) is 9.33. The molecule has 124 valence electrons. The van der Waals surface area contributed by atoms with Crippen molar-refractivity contribution in [2.75, 3.05) is 36.0 Å². The van der Waals surface area contributed by atoms with Crippen molar-refractivity contribution in [1.29, 1.82) is 5.26 Å². The highest BCUT2D eigenvalue weighted by Crippen LogP contribution is 2.27. The van der Waals surface area contributed by atoms with Crippen molar-refractivity contribution >= 4 is 11.5 Å². The molecule has 1 fully saturated rings. The molecule has 0 saturated carbocycles. The number of rotatable bonds is 2. The van der Waals surface area contributed by atoms with Crippen LogP contribution >= 0.6 is 0 Å². The monoisotopic (exact) mass is 320 g/mol. The number of pyridine rings is 1. The average Bonchev–Trinajstić information content (AvgIpc) is 2.57. The van der Waals surface area contributed by atoms with Crippen molar-refractivity contribution in [2.24, 2.45) is 0 Å². The Kier molecular flexibility index (Phi) is 4.44. The Morgan fingerprint density at radius 1 is 0.958 bits per heavy atom. The van der Waals surface area contributed by atoms with Gasteiger partial charge in [-0.2, -0.15) is 5.26 Å². The molecule has 3 rings (SSSR count). The quantitative estimate of drug-likeness (QED) is 0.849. The van der Waals surface area contributed by atoms with Crippen LogP contribution in [0, 0.1) is 39.0 Å². The minimum Gasteiger partial charge on any atom is -0.368 e. The summed E-state index contributed by atoms with van der Waals surface area (Å²) in [7, 11) is 0. The summed E-state index contributed by atoms with van der Waals surface area (Å²) in [6.07, 6.45) is 0. The second-order valence-electron chi connectivity index (χ2n) is 6.58. The lowest BCUT2D eigenvalue weighted by molar-refractivity contribution is 0.644. The third-order valence-electron chi connectivity index (χ3n) is 4.93. The van der Waals surface area contributed by atoms with Gasteiger partial charge in [-0.1, -0.05) is 12.1 Å². The molecule has 0 unspecified atom stereocenters. The van der Waals surface area contributed by atoms with E-state index in [1.165, 1.54) is 16.8 Å². The molecule has 0 atom stereocenters. The van der Waals surface area contributed by atoms with Gasteiger partial charge < -0.3 is 9.80 Å². The molecule has 1 aliphatic heterocycles. The predicted molar refractivity (Wildman–Crippen MR) is 98.8 cm³/mol. The van der Waals surface area contributed by atoms with Crippen molar-refractivity contribution in [3.05, 3.63) is 52.2 Å². The zero-order valence-corrected chi connectivity index (χ0v) is 14.9. The van der Waals surface area contributed by atoms with Gasteiger partial charge in [0, 0.05) is 37.6 Å². The van der Waals surface area contributed by atoms with Gasteiger partial charge in [-0.15, -0.1) is 0 Å². The molecule has 0 aliphatic carbocycles. The van der Waals surface area contributed by atoms with Gasteiger partial charge in [0.2, 0.25) is 0 Å². The van der Waals surface area contributed by atoms with E-state index in [9.17, 15) is 5.26 Å². The molecule has 1 aromatic heterocycles. The van der Waals surface area contributed by atoms with Crippen LogP contribution in [0.3, 0.4) is 0 Å². The van der Waals surface area contributed by atoms with E-state index in [1.54, 1.807) is 0 Å². The van der Waals surface area contributed by atoms with Crippen LogP contribution in [0.2, 0.25) is 0 Å². The molecular formula is C20H24N4. The normalized spacial score (nSPS) is 14.6. The first-order chi connectivity index (χ1) is 11.5. The summed E-state index contributed by atoms with van der Waals surface area (Å²) in [6, 6.07) is 10.8. The minimum atomic E-state index is 0.709. The van der Waals surface area contributed by atoms with Crippen molar-refractivity contribution < 1.29 is 0 Å². The Morgan fingerprint density at radius 2 is 1.62 bits per heavy atom. The SMILES string of the molecule is Cc1cc(C)c(C#N)c(N2CCN(c3cccc(C)c3C)CC2)n1. The maximum absolute atomic E-state index is 9.49. The molecule has 0 bridgehead atoms. The van der Waals surface area contributed by atoms with Crippen molar-refractivity contribution in [1.82, 2.24) is 4.98 Å². The van der Waals surface area contributed by atoms with Gasteiger partial charge in [0.05, 0.1) is 5.56 Å². The minimum absolute atomic E-state index is 0.709. The fraction of sp³-hybridized carbons (Fsp3) is 0.400. The van der Waals surface area contributed by atoms with Crippen LogP contribution in [0.1, 0.15) is 27.9 Å². The largest absolute Gasteiger partial charge is 0.368 e. The fourth-order valence-electron chi connectivity index (χ4n) is 3.42. The van der Waals surface area contributed by atoms with Crippen LogP contribution in [0.15, 0.2) is 24.3 Å². The summed E-state index contributed by atoms with van der Waals surface area (Å²) in [6.45, 7) is 12.0. The maximum atomic E-state index is 9.49. The van der Waals surface area contributed by atoms with E-state index in [4.69, 9.17) is 0 Å². The zero-order chi connectivity index (χ0) is 17.3. The molecule has 4 nitrogen and oxygen atoms in total. The third-order valence-corrected chi connectivity index (χ3v) is 4.93. The van der Waals surface area contributed by atoms with Gasteiger partial charge in [0.15, 0.2) is 0 Å². The van der Waals surface area contributed by atoms with Crippen LogP contribution in [-0.4, -0.2) is 31.2 Å². The average molecular weight is 320 g/mol. The first-order valence-corrected chi connectivity index (χ1v) is 8.45. The van der Waals surface area contributed by atoms with Crippen LogP contribution < -0.4 is 9.80 Å². The zero-order valence-electron chi connectivity index (χ0n) is 14.9. The van der Waals surface area contributed by atoms with E-state index in [-0.39, 0.29) is 0 Å². The molecular weight excluding hydrogens is 296 g/mol. The summed E-state index contributed by atoms with van der Waals surface area (Å²) < 4.78 is 0. The molecule has 0 radical (unpaired) electrons. The number of hydrogen-bond donors (Lipinski definition) is 0. The van der Waals surface area contributed by atoms with E-state index in [1.807, 2.05) is 19.9 Å². The van der Waals surface area contributed by atoms with E-state index < -0.39 is 0 Å². The lowest BCUT2D eigenvalue weighted by Gasteiger charge is -2.38. The van der Waals surface area contributed by atoms with Gasteiger partial charge >= 0.3 is 0 Å². The first kappa shape index (κ1) is 16.3. The first-order valence-electron chi connectivity index (χ1n) is 8.45. The Hall–Kier alpha value is -2.54. The molecule has 2 aromatic rings. The highest BCUT2D eigenvalue weighted by atomic mass is 15.3. The summed E-state index contributed by atoms with van der Waals surface area (Å²) in [5.41, 5.74) is 6.70. The van der Waals surface area contributed by atoms with Crippen LogP contribution in [0.25, 0.3) is 0 Å². The van der Waals surface area contributed by atoms with Gasteiger partial charge in [0.1, 0.15) is 11.9 Å². The molecule has 24 heavy (non-hydrogen) atoms. The predicted octanol–water partition coefficient (Wildman–Crippen LogP) is 3.51. The molecule has 1 aromatic carbocycles. The Labute approximate surface area is 144 Å². The molecule has 1 aliphatic rings. The number of anilines is 2. The fourth-order valence-corrected chi connectivity index (χ4v) is 3.42. The number of nitriles is 1. The second kappa shape index (κ2) is 6.52. The van der Waals surface area contributed by atoms with Crippen LogP contribution in [-0.2, 0) is 0 Å². The highest BCUT2D eigenvalue weighted by Gasteiger charge is 2.22. The third kappa shape index (κ3) is 2.94. The number of hydrogen-bond acceptors (Lipinski definition) is 4. The summed E-state index contributed by atoms with van der Waals surface area (Å²) >= 11 is 0.